The molecule has 0 aliphatic carbocycles. The Labute approximate surface area is 196 Å². The van der Waals surface area contributed by atoms with Crippen LogP contribution < -0.4 is 19.7 Å². The number of benzene rings is 2. The summed E-state index contributed by atoms with van der Waals surface area (Å²) >= 11 is 0. The summed E-state index contributed by atoms with van der Waals surface area (Å²) in [6.45, 7) is 0.0985. The highest BCUT2D eigenvalue weighted by molar-refractivity contribution is 6.07. The minimum Gasteiger partial charge on any atom is -0.493 e. The molecule has 4 rings (SSSR count). The number of carbonyl (C=O) groups is 3. The third-order valence-corrected chi connectivity index (χ3v) is 5.47. The zero-order chi connectivity index (χ0) is 24.1. The van der Waals surface area contributed by atoms with E-state index in [2.05, 4.69) is 5.32 Å². The molecule has 0 atom stereocenters. The predicted octanol–water partition coefficient (Wildman–Crippen LogP) is 3.69. The molecule has 0 fully saturated rings. The fourth-order valence-corrected chi connectivity index (χ4v) is 3.82. The van der Waals surface area contributed by atoms with E-state index in [9.17, 15) is 14.4 Å². The number of aryl methyl sites for hydroxylation is 1. The largest absolute Gasteiger partial charge is 0.493 e. The van der Waals surface area contributed by atoms with Gasteiger partial charge in [0.05, 0.1) is 31.7 Å². The van der Waals surface area contributed by atoms with E-state index in [0.29, 0.717) is 12.3 Å². The average Bonchev–Trinajstić information content (AvgIpc) is 3.41. The van der Waals surface area contributed by atoms with Crippen molar-refractivity contribution in [2.24, 2.45) is 0 Å². The Hall–Kier alpha value is -4.27. The van der Waals surface area contributed by atoms with Crippen molar-refractivity contribution >= 4 is 29.2 Å². The zero-order valence-electron chi connectivity index (χ0n) is 18.8. The monoisotopic (exact) mass is 464 g/mol. The Morgan fingerprint density at radius 3 is 2.53 bits per heavy atom. The third kappa shape index (κ3) is 4.73. The maximum Gasteiger partial charge on any atom is 0.340 e. The molecule has 3 aromatic rings. The number of anilines is 2. The van der Waals surface area contributed by atoms with E-state index >= 15 is 0 Å². The number of carbonyl (C=O) groups excluding carboxylic acids is 3. The van der Waals surface area contributed by atoms with Crippen LogP contribution in [0.4, 0.5) is 11.4 Å². The van der Waals surface area contributed by atoms with Gasteiger partial charge in [-0.1, -0.05) is 18.2 Å². The lowest BCUT2D eigenvalue weighted by Gasteiger charge is -2.29. The minimum absolute atomic E-state index is 0.00407. The van der Waals surface area contributed by atoms with Gasteiger partial charge in [-0.3, -0.25) is 9.59 Å². The van der Waals surface area contributed by atoms with E-state index < -0.39 is 18.5 Å². The molecule has 0 spiro atoms. The van der Waals surface area contributed by atoms with Crippen molar-refractivity contribution in [1.82, 2.24) is 0 Å². The van der Waals surface area contributed by atoms with Crippen molar-refractivity contribution in [1.29, 1.82) is 0 Å². The molecule has 0 unspecified atom stereocenters. The normalized spacial score (nSPS) is 12.5. The molecule has 2 heterocycles. The Morgan fingerprint density at radius 2 is 1.79 bits per heavy atom. The standard InChI is InChI=1S/C25H24N2O7/c1-31-21-13-17(18(14-22(21)32-2)26-24(29)20-10-6-12-33-20)25(30)34-15-23(28)27-11-5-8-16-7-3-4-9-19(16)27/h3-4,6-7,9-10,12-14H,5,8,11,15H2,1-2H3,(H,26,29). The quantitative estimate of drug-likeness (QED) is 0.532. The van der Waals surface area contributed by atoms with Crippen molar-refractivity contribution in [2.45, 2.75) is 12.8 Å². The molecule has 0 saturated heterocycles. The molecule has 1 aromatic heterocycles. The predicted molar refractivity (Wildman–Crippen MR) is 124 cm³/mol. The first-order chi connectivity index (χ1) is 16.5. The molecule has 9 heteroatoms. The Kier molecular flexibility index (Phi) is 6.82. The molecule has 0 saturated carbocycles. The van der Waals surface area contributed by atoms with Crippen LogP contribution in [-0.2, 0) is 16.0 Å². The van der Waals surface area contributed by atoms with E-state index in [1.165, 1.54) is 38.7 Å². The van der Waals surface area contributed by atoms with Crippen molar-refractivity contribution in [2.75, 3.05) is 37.6 Å². The first kappa shape index (κ1) is 22.9. The number of para-hydroxylation sites is 1. The first-order valence-corrected chi connectivity index (χ1v) is 10.7. The average molecular weight is 464 g/mol. The second-order valence-electron chi connectivity index (χ2n) is 7.54. The van der Waals surface area contributed by atoms with Crippen LogP contribution in [-0.4, -0.2) is 45.2 Å². The van der Waals surface area contributed by atoms with Crippen LogP contribution in [0.25, 0.3) is 0 Å². The van der Waals surface area contributed by atoms with Crippen LogP contribution in [0.5, 0.6) is 11.5 Å². The van der Waals surface area contributed by atoms with E-state index in [-0.39, 0.29) is 28.7 Å². The molecule has 0 radical (unpaired) electrons. The number of ether oxygens (including phenoxy) is 3. The van der Waals surface area contributed by atoms with Gasteiger partial charge in [0.2, 0.25) is 0 Å². The fraction of sp³-hybridized carbons (Fsp3) is 0.240. The highest BCUT2D eigenvalue weighted by Gasteiger charge is 2.25. The number of rotatable bonds is 7. The molecular weight excluding hydrogens is 440 g/mol. The van der Waals surface area contributed by atoms with Gasteiger partial charge >= 0.3 is 5.97 Å². The highest BCUT2D eigenvalue weighted by atomic mass is 16.5. The summed E-state index contributed by atoms with van der Waals surface area (Å²) in [5, 5.41) is 2.62. The lowest BCUT2D eigenvalue weighted by Crippen LogP contribution is -2.38. The zero-order valence-corrected chi connectivity index (χ0v) is 18.8. The summed E-state index contributed by atoms with van der Waals surface area (Å²) in [6, 6.07) is 13.6. The lowest BCUT2D eigenvalue weighted by molar-refractivity contribution is -0.121. The van der Waals surface area contributed by atoms with Crippen molar-refractivity contribution in [3.63, 3.8) is 0 Å². The molecule has 1 N–H and O–H groups in total. The van der Waals surface area contributed by atoms with Crippen molar-refractivity contribution < 1.29 is 33.0 Å². The van der Waals surface area contributed by atoms with Gasteiger partial charge in [0.1, 0.15) is 0 Å². The summed E-state index contributed by atoms with van der Waals surface area (Å²) in [4.78, 5) is 40.0. The van der Waals surface area contributed by atoms with E-state index in [0.717, 1.165) is 24.1 Å². The second kappa shape index (κ2) is 10.1. The molecule has 0 bridgehead atoms. The number of fused-ring (bicyclic) bond motifs is 1. The van der Waals surface area contributed by atoms with E-state index in [1.807, 2.05) is 24.3 Å². The Bertz CT molecular complexity index is 1200. The SMILES string of the molecule is COc1cc(NC(=O)c2ccco2)c(C(=O)OCC(=O)N2CCCc3ccccc32)cc1OC. The topological polar surface area (TPSA) is 107 Å². The van der Waals surface area contributed by atoms with Gasteiger partial charge in [-0.25, -0.2) is 4.79 Å². The summed E-state index contributed by atoms with van der Waals surface area (Å²) in [5.74, 6) is -1.06. The smallest absolute Gasteiger partial charge is 0.340 e. The molecule has 9 nitrogen and oxygen atoms in total. The molecule has 2 aromatic carbocycles. The van der Waals surface area contributed by atoms with Gasteiger partial charge in [0.15, 0.2) is 23.9 Å². The molecule has 34 heavy (non-hydrogen) atoms. The van der Waals surface area contributed by atoms with Crippen molar-refractivity contribution in [3.05, 3.63) is 71.7 Å². The summed E-state index contributed by atoms with van der Waals surface area (Å²) in [6.07, 6.45) is 3.09. The number of nitrogens with zero attached hydrogens (tertiary/aromatic N) is 1. The number of hydrogen-bond acceptors (Lipinski definition) is 7. The molecule has 1 aliphatic heterocycles. The number of hydrogen-bond donors (Lipinski definition) is 1. The van der Waals surface area contributed by atoms with E-state index in [4.69, 9.17) is 18.6 Å². The molecule has 1 aliphatic rings. The van der Waals surface area contributed by atoms with Gasteiger partial charge in [0.25, 0.3) is 11.8 Å². The highest BCUT2D eigenvalue weighted by Crippen LogP contribution is 2.34. The number of nitrogens with one attached hydrogen (secondary N) is 1. The van der Waals surface area contributed by atoms with Crippen LogP contribution in [0.1, 0.15) is 32.9 Å². The summed E-state index contributed by atoms with van der Waals surface area (Å²) in [7, 11) is 2.86. The number of esters is 1. The van der Waals surface area contributed by atoms with Crippen LogP contribution in [0.3, 0.4) is 0 Å². The maximum absolute atomic E-state index is 13.0. The summed E-state index contributed by atoms with van der Waals surface area (Å²) < 4.78 is 21.0. The fourth-order valence-electron chi connectivity index (χ4n) is 3.82. The van der Waals surface area contributed by atoms with Gasteiger partial charge in [-0.15, -0.1) is 0 Å². The van der Waals surface area contributed by atoms with Gasteiger partial charge in [-0.2, -0.15) is 0 Å². The number of methoxy groups -OCH3 is 2. The Balaban J connectivity index is 1.54. The van der Waals surface area contributed by atoms with Crippen LogP contribution in [0.15, 0.2) is 59.2 Å². The maximum atomic E-state index is 13.0. The van der Waals surface area contributed by atoms with Gasteiger partial charge < -0.3 is 28.8 Å². The van der Waals surface area contributed by atoms with Crippen molar-refractivity contribution in [3.8, 4) is 11.5 Å². The minimum atomic E-state index is -0.797. The van der Waals surface area contributed by atoms with E-state index in [1.54, 1.807) is 11.0 Å². The molecule has 2 amide bonds. The second-order valence-corrected chi connectivity index (χ2v) is 7.54. The number of amides is 2. The van der Waals surface area contributed by atoms with Crippen LogP contribution >= 0.6 is 0 Å². The first-order valence-electron chi connectivity index (χ1n) is 10.7. The van der Waals surface area contributed by atoms with Crippen LogP contribution in [0.2, 0.25) is 0 Å². The number of furan rings is 1. The lowest BCUT2D eigenvalue weighted by atomic mass is 10.0. The van der Waals surface area contributed by atoms with Gasteiger partial charge in [-0.05, 0) is 36.6 Å². The Morgan fingerprint density at radius 1 is 1.03 bits per heavy atom. The van der Waals surface area contributed by atoms with Crippen LogP contribution in [0, 0.1) is 0 Å². The molecule has 176 valence electrons. The third-order valence-electron chi connectivity index (χ3n) is 5.47. The van der Waals surface area contributed by atoms with Gasteiger partial charge in [0, 0.05) is 24.4 Å². The molecular formula is C25H24N2O7. The summed E-state index contributed by atoms with van der Waals surface area (Å²) in [5.41, 5.74) is 2.03.